The molecule has 2 aliphatic heterocycles. The Balaban J connectivity index is 2.03. The van der Waals surface area contributed by atoms with Gasteiger partial charge in [-0.2, -0.15) is 0 Å². The van der Waals surface area contributed by atoms with E-state index in [1.165, 1.54) is 17.0 Å². The highest BCUT2D eigenvalue weighted by molar-refractivity contribution is 5.95. The lowest BCUT2D eigenvalue weighted by Crippen LogP contribution is -2.33. The molecule has 0 bridgehead atoms. The molecule has 1 aromatic carbocycles. The van der Waals surface area contributed by atoms with Crippen molar-refractivity contribution in [3.05, 3.63) is 47.2 Å². The van der Waals surface area contributed by atoms with Gasteiger partial charge in [0.25, 0.3) is 0 Å². The van der Waals surface area contributed by atoms with Crippen molar-refractivity contribution in [3.63, 3.8) is 0 Å². The van der Waals surface area contributed by atoms with E-state index in [9.17, 15) is 18.4 Å². The van der Waals surface area contributed by atoms with E-state index in [-0.39, 0.29) is 18.1 Å². The first kappa shape index (κ1) is 12.0. The number of carbonyl (C=O) groups excluding carboxylic acids is 2. The zero-order valence-corrected chi connectivity index (χ0v) is 10.0. The van der Waals surface area contributed by atoms with Crippen molar-refractivity contribution in [2.45, 2.75) is 25.3 Å². The van der Waals surface area contributed by atoms with Crippen LogP contribution in [0.5, 0.6) is 0 Å². The molecule has 2 aliphatic rings. The molecular weight excluding hydrogens is 252 g/mol. The summed E-state index contributed by atoms with van der Waals surface area (Å²) in [7, 11) is 0. The average Bonchev–Trinajstić information content (AvgIpc) is 2.73. The van der Waals surface area contributed by atoms with Crippen LogP contribution in [0.2, 0.25) is 0 Å². The number of benzene rings is 1. The van der Waals surface area contributed by atoms with Gasteiger partial charge in [0.1, 0.15) is 0 Å². The Morgan fingerprint density at radius 3 is 2.63 bits per heavy atom. The van der Waals surface area contributed by atoms with Crippen molar-refractivity contribution in [2.75, 3.05) is 0 Å². The largest absolute Gasteiger partial charge is 0.308 e. The third kappa shape index (κ3) is 1.95. The molecule has 0 aromatic heterocycles. The molecule has 1 saturated heterocycles. The third-order valence-electron chi connectivity index (χ3n) is 3.54. The number of carbonyl (C=O) groups is 2. The summed E-state index contributed by atoms with van der Waals surface area (Å²) in [5.41, 5.74) is 1.13. The number of allylic oxidation sites excluding steroid dienone is 2. The molecule has 1 unspecified atom stereocenters. The van der Waals surface area contributed by atoms with Gasteiger partial charge in [-0.25, -0.2) is 8.78 Å². The fourth-order valence-corrected chi connectivity index (χ4v) is 2.66. The van der Waals surface area contributed by atoms with Crippen LogP contribution in [0.25, 0.3) is 0 Å². The molecule has 1 fully saturated rings. The van der Waals surface area contributed by atoms with E-state index in [1.54, 1.807) is 0 Å². The van der Waals surface area contributed by atoms with Gasteiger partial charge < -0.3 is 4.90 Å². The van der Waals surface area contributed by atoms with Crippen LogP contribution in [0.4, 0.5) is 8.78 Å². The van der Waals surface area contributed by atoms with Crippen LogP contribution in [0.3, 0.4) is 0 Å². The fraction of sp³-hybridized carbons (Fsp3) is 0.286. The molecule has 98 valence electrons. The van der Waals surface area contributed by atoms with Crippen LogP contribution in [-0.4, -0.2) is 16.6 Å². The highest BCUT2D eigenvalue weighted by Gasteiger charge is 2.37. The van der Waals surface area contributed by atoms with E-state index in [1.807, 2.05) is 0 Å². The minimum absolute atomic E-state index is 0.0755. The molecule has 1 atom stereocenters. The van der Waals surface area contributed by atoms with E-state index < -0.39 is 17.7 Å². The van der Waals surface area contributed by atoms with Crippen LogP contribution < -0.4 is 0 Å². The van der Waals surface area contributed by atoms with Crippen molar-refractivity contribution >= 4 is 11.7 Å². The maximum Gasteiger partial charge on any atom is 0.227 e. The number of ketones is 1. The van der Waals surface area contributed by atoms with E-state index in [4.69, 9.17) is 0 Å². The van der Waals surface area contributed by atoms with Gasteiger partial charge in [0.2, 0.25) is 5.91 Å². The summed E-state index contributed by atoms with van der Waals surface area (Å²) in [6.45, 7) is 0. The number of rotatable bonds is 1. The minimum atomic E-state index is -0.965. The van der Waals surface area contributed by atoms with Gasteiger partial charge in [-0.15, -0.1) is 0 Å². The van der Waals surface area contributed by atoms with Gasteiger partial charge in [-0.3, -0.25) is 9.59 Å². The molecule has 1 amide bonds. The second-order valence-electron chi connectivity index (χ2n) is 4.76. The van der Waals surface area contributed by atoms with Crippen LogP contribution in [0, 0.1) is 11.6 Å². The monoisotopic (exact) mass is 263 g/mol. The molecule has 0 saturated carbocycles. The first-order valence-corrected chi connectivity index (χ1v) is 6.06. The highest BCUT2D eigenvalue weighted by atomic mass is 19.2. The van der Waals surface area contributed by atoms with E-state index >= 15 is 0 Å². The molecule has 0 spiro atoms. The molecule has 2 heterocycles. The summed E-state index contributed by atoms with van der Waals surface area (Å²) in [5, 5.41) is 0. The molecule has 0 aliphatic carbocycles. The lowest BCUT2D eigenvalue weighted by atomic mass is 9.96. The average molecular weight is 263 g/mol. The second kappa shape index (κ2) is 4.26. The zero-order valence-electron chi connectivity index (χ0n) is 10.0. The summed E-state index contributed by atoms with van der Waals surface area (Å²) in [5.74, 6) is -2.06. The quantitative estimate of drug-likeness (QED) is 0.780. The van der Waals surface area contributed by atoms with Gasteiger partial charge >= 0.3 is 0 Å². The summed E-state index contributed by atoms with van der Waals surface area (Å²) in [4.78, 5) is 25.1. The number of hydrogen-bond donors (Lipinski definition) is 0. The lowest BCUT2D eigenvalue weighted by molar-refractivity contribution is -0.130. The number of hydrogen-bond acceptors (Lipinski definition) is 2. The topological polar surface area (TPSA) is 37.4 Å². The van der Waals surface area contributed by atoms with E-state index in [2.05, 4.69) is 0 Å². The summed E-state index contributed by atoms with van der Waals surface area (Å²) < 4.78 is 26.2. The van der Waals surface area contributed by atoms with Crippen LogP contribution >= 0.6 is 0 Å². The summed E-state index contributed by atoms with van der Waals surface area (Å²) in [6.07, 6.45) is 2.48. The predicted octanol–water partition coefficient (Wildman–Crippen LogP) is 2.49. The second-order valence-corrected chi connectivity index (χ2v) is 4.76. The Kier molecular flexibility index (Phi) is 2.69. The van der Waals surface area contributed by atoms with Gasteiger partial charge in [0.05, 0.1) is 6.04 Å². The summed E-state index contributed by atoms with van der Waals surface area (Å²) >= 11 is 0. The van der Waals surface area contributed by atoms with Gasteiger partial charge in [0.15, 0.2) is 17.4 Å². The standard InChI is InChI=1S/C14H11F2NO2/c15-11-3-1-8(5-12(11)16)13-7-10(18)6-9-2-4-14(19)17(9)13/h1,3,5-6,13H,2,4,7H2. The molecule has 19 heavy (non-hydrogen) atoms. The summed E-state index contributed by atoms with van der Waals surface area (Å²) in [6, 6.07) is 2.98. The van der Waals surface area contributed by atoms with Crippen molar-refractivity contribution in [1.82, 2.24) is 4.90 Å². The van der Waals surface area contributed by atoms with Crippen LogP contribution in [-0.2, 0) is 9.59 Å². The van der Waals surface area contributed by atoms with Crippen LogP contribution in [0.15, 0.2) is 30.0 Å². The van der Waals surface area contributed by atoms with Gasteiger partial charge in [-0.1, -0.05) is 6.07 Å². The number of nitrogens with zero attached hydrogens (tertiary/aromatic N) is 1. The third-order valence-corrected chi connectivity index (χ3v) is 3.54. The highest BCUT2D eigenvalue weighted by Crippen LogP contribution is 2.38. The zero-order chi connectivity index (χ0) is 13.6. The Labute approximate surface area is 108 Å². The van der Waals surface area contributed by atoms with Crippen molar-refractivity contribution < 1.29 is 18.4 Å². The maximum absolute atomic E-state index is 13.3. The Morgan fingerprint density at radius 2 is 1.89 bits per heavy atom. The minimum Gasteiger partial charge on any atom is -0.308 e. The maximum atomic E-state index is 13.3. The molecular formula is C14H11F2NO2. The first-order chi connectivity index (χ1) is 9.06. The van der Waals surface area contributed by atoms with Crippen molar-refractivity contribution in [3.8, 4) is 0 Å². The number of halogens is 2. The van der Waals surface area contributed by atoms with E-state index in [0.717, 1.165) is 12.1 Å². The fourth-order valence-electron chi connectivity index (χ4n) is 2.66. The van der Waals surface area contributed by atoms with Crippen molar-refractivity contribution in [1.29, 1.82) is 0 Å². The Hall–Kier alpha value is -2.04. The number of amides is 1. The van der Waals surface area contributed by atoms with E-state index in [0.29, 0.717) is 24.1 Å². The smallest absolute Gasteiger partial charge is 0.227 e. The molecule has 1 aromatic rings. The Bertz CT molecular complexity index is 609. The van der Waals surface area contributed by atoms with Gasteiger partial charge in [-0.05, 0) is 24.1 Å². The van der Waals surface area contributed by atoms with Gasteiger partial charge in [0, 0.05) is 24.6 Å². The Morgan fingerprint density at radius 1 is 1.11 bits per heavy atom. The van der Waals surface area contributed by atoms with Crippen molar-refractivity contribution in [2.24, 2.45) is 0 Å². The molecule has 3 rings (SSSR count). The lowest BCUT2D eigenvalue weighted by Gasteiger charge is -2.32. The number of fused-ring (bicyclic) bond motifs is 1. The normalized spacial score (nSPS) is 22.5. The molecule has 0 radical (unpaired) electrons. The molecule has 5 heteroatoms. The first-order valence-electron chi connectivity index (χ1n) is 6.06. The molecule has 0 N–H and O–H groups in total. The predicted molar refractivity (Wildman–Crippen MR) is 62.9 cm³/mol. The molecule has 3 nitrogen and oxygen atoms in total. The van der Waals surface area contributed by atoms with Crippen LogP contribution in [0.1, 0.15) is 30.9 Å². The SMILES string of the molecule is O=C1C=C2CCC(=O)N2C(c2ccc(F)c(F)c2)C1.